The third-order valence-corrected chi connectivity index (χ3v) is 6.20. The van der Waals surface area contributed by atoms with Crippen molar-refractivity contribution in [2.24, 2.45) is 0 Å². The molecule has 166 valence electrons. The van der Waals surface area contributed by atoms with Gasteiger partial charge in [0.15, 0.2) is 6.29 Å². The van der Waals surface area contributed by atoms with Crippen molar-refractivity contribution in [2.75, 3.05) is 0 Å². The molecule has 0 spiro atoms. The van der Waals surface area contributed by atoms with Gasteiger partial charge in [0.25, 0.3) is 5.69 Å². The van der Waals surface area contributed by atoms with Crippen molar-refractivity contribution in [3.63, 3.8) is 0 Å². The van der Waals surface area contributed by atoms with Gasteiger partial charge in [0.05, 0.1) is 21.7 Å². The summed E-state index contributed by atoms with van der Waals surface area (Å²) in [5, 5.41) is 31.2. The second-order valence-electron chi connectivity index (χ2n) is 7.32. The molecular formula is C26H17N3O4S. The van der Waals surface area contributed by atoms with E-state index in [4.69, 9.17) is 4.98 Å². The maximum absolute atomic E-state index is 11.2. The van der Waals surface area contributed by atoms with E-state index in [1.54, 1.807) is 24.3 Å². The minimum atomic E-state index is -0.460. The maximum Gasteiger partial charge on any atom is 0.269 e. The van der Waals surface area contributed by atoms with Gasteiger partial charge in [-0.3, -0.25) is 14.9 Å². The first-order chi connectivity index (χ1) is 16.5. The Labute approximate surface area is 199 Å². The number of aldehydes is 1. The summed E-state index contributed by atoms with van der Waals surface area (Å²) in [6.07, 6.45) is 0.588. The molecule has 0 saturated heterocycles. The van der Waals surface area contributed by atoms with E-state index in [-0.39, 0.29) is 17.0 Å². The highest BCUT2D eigenvalue weighted by atomic mass is 32.2. The molecule has 0 amide bonds. The largest absolute Gasteiger partial charge is 0.507 e. The summed E-state index contributed by atoms with van der Waals surface area (Å²) in [7, 11) is 0. The Balaban J connectivity index is 1.79. The van der Waals surface area contributed by atoms with Crippen LogP contribution in [0.2, 0.25) is 0 Å². The number of benzene rings is 3. The molecule has 4 aromatic rings. The van der Waals surface area contributed by atoms with Crippen LogP contribution >= 0.6 is 11.8 Å². The van der Waals surface area contributed by atoms with Crippen LogP contribution < -0.4 is 0 Å². The number of hydrogen-bond donors (Lipinski definition) is 1. The van der Waals surface area contributed by atoms with Gasteiger partial charge >= 0.3 is 0 Å². The third kappa shape index (κ3) is 4.80. The number of phenolic OH excluding ortho intramolecular Hbond substituents is 1. The number of carbonyl (C=O) groups excluding carboxylic acids is 1. The third-order valence-electron chi connectivity index (χ3n) is 5.15. The smallest absolute Gasteiger partial charge is 0.269 e. The molecule has 0 unspecified atom stereocenters. The zero-order valence-corrected chi connectivity index (χ0v) is 18.5. The number of aromatic nitrogens is 1. The summed E-state index contributed by atoms with van der Waals surface area (Å²) in [5.74, 6) is 0.326. The lowest BCUT2D eigenvalue weighted by Gasteiger charge is -2.13. The number of nitro benzene ring substituents is 1. The van der Waals surface area contributed by atoms with Gasteiger partial charge < -0.3 is 5.11 Å². The van der Waals surface area contributed by atoms with Crippen molar-refractivity contribution >= 4 is 23.7 Å². The zero-order valence-electron chi connectivity index (χ0n) is 17.7. The highest BCUT2D eigenvalue weighted by Crippen LogP contribution is 2.36. The standard InChI is InChI=1S/C26H17N3O4S/c27-14-23-22(18-4-2-1-3-5-18)13-24(19-7-9-21(10-8-19)29(32)33)28-26(23)34-16-17-6-11-25(31)20(12-17)15-30/h1-13,15,31H,16H2. The minimum absolute atomic E-state index is 0.0198. The summed E-state index contributed by atoms with van der Waals surface area (Å²) in [5.41, 5.74) is 4.18. The fourth-order valence-electron chi connectivity index (χ4n) is 3.42. The number of aromatic hydroxyl groups is 1. The van der Waals surface area contributed by atoms with Crippen molar-refractivity contribution < 1.29 is 14.8 Å². The van der Waals surface area contributed by atoms with Gasteiger partial charge in [-0.05, 0) is 41.5 Å². The summed E-state index contributed by atoms with van der Waals surface area (Å²) < 4.78 is 0. The average Bonchev–Trinajstić information content (AvgIpc) is 2.88. The summed E-state index contributed by atoms with van der Waals surface area (Å²) >= 11 is 1.34. The second kappa shape index (κ2) is 9.98. The minimum Gasteiger partial charge on any atom is -0.507 e. The highest BCUT2D eigenvalue weighted by Gasteiger charge is 2.17. The quantitative estimate of drug-likeness (QED) is 0.153. The maximum atomic E-state index is 11.2. The first-order valence-corrected chi connectivity index (χ1v) is 11.1. The number of non-ortho nitro benzene ring substituents is 1. The zero-order chi connectivity index (χ0) is 24.1. The van der Waals surface area contributed by atoms with E-state index in [2.05, 4.69) is 6.07 Å². The monoisotopic (exact) mass is 467 g/mol. The Morgan fingerprint density at radius 2 is 1.76 bits per heavy atom. The molecule has 0 bridgehead atoms. The number of carbonyl (C=O) groups is 1. The Morgan fingerprint density at radius 3 is 2.41 bits per heavy atom. The number of pyridine rings is 1. The molecule has 8 heteroatoms. The lowest BCUT2D eigenvalue weighted by Crippen LogP contribution is -1.97. The van der Waals surface area contributed by atoms with Crippen LogP contribution in [0.25, 0.3) is 22.4 Å². The molecular weight excluding hydrogens is 450 g/mol. The molecule has 0 atom stereocenters. The van der Waals surface area contributed by atoms with Gasteiger partial charge in [-0.1, -0.05) is 36.4 Å². The van der Waals surface area contributed by atoms with Gasteiger partial charge in [0, 0.05) is 29.0 Å². The van der Waals surface area contributed by atoms with Crippen molar-refractivity contribution in [2.45, 2.75) is 10.8 Å². The number of nitrogens with zero attached hydrogens (tertiary/aromatic N) is 3. The van der Waals surface area contributed by atoms with Crippen LogP contribution in [0.3, 0.4) is 0 Å². The van der Waals surface area contributed by atoms with Crippen molar-refractivity contribution in [1.82, 2.24) is 4.98 Å². The molecule has 0 radical (unpaired) electrons. The number of nitriles is 1. The van der Waals surface area contributed by atoms with Gasteiger partial charge in [0.1, 0.15) is 16.8 Å². The lowest BCUT2D eigenvalue weighted by atomic mass is 9.99. The molecule has 0 fully saturated rings. The fraction of sp³-hybridized carbons (Fsp3) is 0.0385. The predicted octanol–water partition coefficient (Wildman–Crippen LogP) is 6.01. The van der Waals surface area contributed by atoms with E-state index >= 15 is 0 Å². The highest BCUT2D eigenvalue weighted by molar-refractivity contribution is 7.98. The van der Waals surface area contributed by atoms with E-state index < -0.39 is 4.92 Å². The van der Waals surface area contributed by atoms with Crippen LogP contribution in [0, 0.1) is 21.4 Å². The van der Waals surface area contributed by atoms with Gasteiger partial charge in [0.2, 0.25) is 0 Å². The summed E-state index contributed by atoms with van der Waals surface area (Å²) in [6, 6.07) is 24.4. The number of rotatable bonds is 7. The molecule has 1 heterocycles. The average molecular weight is 468 g/mol. The Morgan fingerprint density at radius 1 is 1.03 bits per heavy atom. The van der Waals surface area contributed by atoms with Gasteiger partial charge in [-0.15, -0.1) is 11.8 Å². The Bertz CT molecular complexity index is 1410. The molecule has 1 N–H and O–H groups in total. The lowest BCUT2D eigenvalue weighted by molar-refractivity contribution is -0.384. The van der Waals surface area contributed by atoms with Gasteiger partial charge in [-0.25, -0.2) is 4.98 Å². The fourth-order valence-corrected chi connectivity index (χ4v) is 4.37. The van der Waals surface area contributed by atoms with Crippen LogP contribution in [0.4, 0.5) is 5.69 Å². The number of nitro groups is 1. The van der Waals surface area contributed by atoms with Crippen LogP contribution in [-0.4, -0.2) is 21.3 Å². The Kier molecular flexibility index (Phi) is 6.67. The van der Waals surface area contributed by atoms with E-state index in [1.165, 1.54) is 30.0 Å². The van der Waals surface area contributed by atoms with Crippen molar-refractivity contribution in [1.29, 1.82) is 5.26 Å². The summed E-state index contributed by atoms with van der Waals surface area (Å²) in [4.78, 5) is 26.4. The molecule has 0 aliphatic carbocycles. The van der Waals surface area contributed by atoms with Crippen molar-refractivity contribution in [3.05, 3.63) is 106 Å². The first kappa shape index (κ1) is 22.7. The normalized spacial score (nSPS) is 10.4. The predicted molar refractivity (Wildman–Crippen MR) is 130 cm³/mol. The number of phenols is 1. The number of hydrogen-bond acceptors (Lipinski definition) is 7. The van der Waals surface area contributed by atoms with Crippen LogP contribution in [0.15, 0.2) is 83.9 Å². The van der Waals surface area contributed by atoms with Crippen LogP contribution in [0.5, 0.6) is 5.75 Å². The first-order valence-electron chi connectivity index (χ1n) is 10.2. The molecule has 34 heavy (non-hydrogen) atoms. The second-order valence-corrected chi connectivity index (χ2v) is 8.28. The van der Waals surface area contributed by atoms with Crippen LogP contribution in [-0.2, 0) is 5.75 Å². The molecule has 0 aliphatic heterocycles. The molecule has 1 aromatic heterocycles. The van der Waals surface area contributed by atoms with Gasteiger partial charge in [-0.2, -0.15) is 5.26 Å². The van der Waals surface area contributed by atoms with E-state index in [0.717, 1.165) is 11.1 Å². The van der Waals surface area contributed by atoms with Crippen LogP contribution in [0.1, 0.15) is 21.5 Å². The molecule has 0 aliphatic rings. The summed E-state index contributed by atoms with van der Waals surface area (Å²) in [6.45, 7) is 0. The number of thioether (sulfide) groups is 1. The van der Waals surface area contributed by atoms with E-state index in [1.807, 2.05) is 36.4 Å². The molecule has 3 aromatic carbocycles. The topological polar surface area (TPSA) is 117 Å². The Hall–Kier alpha value is -4.48. The SMILES string of the molecule is N#Cc1c(-c2ccccc2)cc(-c2ccc([N+](=O)[O-])cc2)nc1SCc1ccc(O)c(C=O)c1. The van der Waals surface area contributed by atoms with E-state index in [9.17, 15) is 25.3 Å². The van der Waals surface area contributed by atoms with E-state index in [0.29, 0.717) is 39.4 Å². The van der Waals surface area contributed by atoms with Crippen molar-refractivity contribution in [3.8, 4) is 34.2 Å². The molecule has 7 nitrogen and oxygen atoms in total. The molecule has 0 saturated carbocycles. The molecule has 4 rings (SSSR count).